The highest BCUT2D eigenvalue weighted by Crippen LogP contribution is 1.99. The summed E-state index contributed by atoms with van der Waals surface area (Å²) in [5, 5.41) is 11.1. The average molecular weight is 289 g/mol. The van der Waals surface area contributed by atoms with Crippen LogP contribution in [0, 0.1) is 0 Å². The number of nitrogens with zero attached hydrogens (tertiary/aromatic N) is 2. The lowest BCUT2D eigenvalue weighted by molar-refractivity contribution is -0.141. The van der Waals surface area contributed by atoms with Crippen molar-refractivity contribution in [2.45, 2.75) is 25.8 Å². The summed E-state index contributed by atoms with van der Waals surface area (Å²) in [6, 6.07) is -1.24. The van der Waals surface area contributed by atoms with Gasteiger partial charge in [-0.2, -0.15) is 4.79 Å². The lowest BCUT2D eigenvalue weighted by Crippen LogP contribution is -2.43. The van der Waals surface area contributed by atoms with Crippen LogP contribution in [0.15, 0.2) is 0 Å². The quantitative estimate of drug-likeness (QED) is 0.241. The van der Waals surface area contributed by atoms with Crippen molar-refractivity contribution in [3.05, 3.63) is 5.53 Å². The molecule has 0 aromatic rings. The van der Waals surface area contributed by atoms with E-state index in [0.717, 1.165) is 0 Å². The number of aliphatic carboxylic acids is 1. The summed E-state index contributed by atoms with van der Waals surface area (Å²) in [5.41, 5.74) is 8.11. The molecule has 2 atom stereocenters. The summed E-state index contributed by atoms with van der Waals surface area (Å²) in [6.45, 7) is 1.64. The number of Topliss-reactive ketones (excluding diaryl/α,β-unsaturated/α-hetero) is 1. The van der Waals surface area contributed by atoms with Gasteiger partial charge >= 0.3 is 12.2 Å². The van der Waals surface area contributed by atoms with E-state index >= 15 is 0 Å². The third-order valence-electron chi connectivity index (χ3n) is 2.13. The molecule has 0 aromatic carbocycles. The van der Waals surface area contributed by atoms with E-state index in [4.69, 9.17) is 10.6 Å². The van der Waals surface area contributed by atoms with Gasteiger partial charge in [0, 0.05) is 6.42 Å². The van der Waals surface area contributed by atoms with E-state index in [1.165, 1.54) is 0 Å². The van der Waals surface area contributed by atoms with Crippen LogP contribution < -0.4 is 5.32 Å². The molecule has 1 unspecified atom stereocenters. The van der Waals surface area contributed by atoms with Crippen LogP contribution in [0.2, 0.25) is 0 Å². The molecule has 106 valence electrons. The summed E-state index contributed by atoms with van der Waals surface area (Å²) >= 11 is -1.33. The molecule has 19 heavy (non-hydrogen) atoms. The third kappa shape index (κ3) is 8.09. The molecule has 9 heteroatoms. The van der Waals surface area contributed by atoms with Crippen LogP contribution >= 0.6 is 0 Å². The van der Waals surface area contributed by atoms with Crippen molar-refractivity contribution in [1.82, 2.24) is 5.32 Å². The Morgan fingerprint density at radius 2 is 2.16 bits per heavy atom. The highest BCUT2D eigenvalue weighted by molar-refractivity contribution is 7.92. The van der Waals surface area contributed by atoms with E-state index in [1.807, 2.05) is 0 Å². The monoisotopic (exact) mass is 289 g/mol. The number of hydrogen-bond donors (Lipinski definition) is 2. The van der Waals surface area contributed by atoms with Crippen molar-refractivity contribution >= 4 is 35.1 Å². The molecular formula is C10H15N3O5S. The largest absolute Gasteiger partial charge is 0.616 e. The highest BCUT2D eigenvalue weighted by Gasteiger charge is 2.23. The molecule has 0 bridgehead atoms. The van der Waals surface area contributed by atoms with Gasteiger partial charge in [-0.05, 0) is 24.5 Å². The molecule has 0 saturated carbocycles. The van der Waals surface area contributed by atoms with E-state index in [0.29, 0.717) is 12.0 Å². The number of ketones is 1. The van der Waals surface area contributed by atoms with Gasteiger partial charge in [-0.1, -0.05) is 0 Å². The maximum absolute atomic E-state index is 11.4. The maximum atomic E-state index is 11.4. The van der Waals surface area contributed by atoms with Gasteiger partial charge < -0.3 is 20.5 Å². The minimum atomic E-state index is -1.33. The second-order valence-electron chi connectivity index (χ2n) is 3.58. The molecule has 0 aliphatic heterocycles. The standard InChI is InChI=1S/C10H15N3O5S/c1-2-19(18)6-9(15)13-8(10(16)17)4-3-7(14)5-12-11/h5,8H,2-4,6H2,1H3,(H,13,15)(H,16,17)/t8-,19?/m0/s1. The number of carbonyl (C=O) groups excluding carboxylic acids is 2. The molecule has 0 radical (unpaired) electrons. The van der Waals surface area contributed by atoms with Crippen LogP contribution in [-0.4, -0.2) is 55.9 Å². The van der Waals surface area contributed by atoms with E-state index < -0.39 is 34.9 Å². The molecular weight excluding hydrogens is 274 g/mol. The van der Waals surface area contributed by atoms with Gasteiger partial charge in [-0.25, -0.2) is 4.79 Å². The van der Waals surface area contributed by atoms with Gasteiger partial charge in [0.15, 0.2) is 5.75 Å². The molecule has 2 N–H and O–H groups in total. The smallest absolute Gasteiger partial charge is 0.326 e. The predicted octanol–water partition coefficient (Wildman–Crippen LogP) is -1.03. The summed E-state index contributed by atoms with van der Waals surface area (Å²) in [6.07, 6.45) is 0.343. The first kappa shape index (κ1) is 17.3. The van der Waals surface area contributed by atoms with Crippen LogP contribution in [-0.2, 0) is 25.6 Å². The van der Waals surface area contributed by atoms with Gasteiger partial charge in [0.1, 0.15) is 11.8 Å². The Kier molecular flexibility index (Phi) is 8.43. The summed E-state index contributed by atoms with van der Waals surface area (Å²) in [4.78, 5) is 35.8. The zero-order valence-corrected chi connectivity index (χ0v) is 11.2. The minimum absolute atomic E-state index is 0.134. The third-order valence-corrected chi connectivity index (χ3v) is 3.36. The molecule has 0 saturated heterocycles. The SMILES string of the molecule is CC[S+]([O-])CC(=O)N[C@@H](CCC(=O)C=[N+]=[N-])C(=O)O. The lowest BCUT2D eigenvalue weighted by Gasteiger charge is -2.14. The van der Waals surface area contributed by atoms with Gasteiger partial charge in [0.25, 0.3) is 5.91 Å². The molecule has 0 aromatic heterocycles. The van der Waals surface area contributed by atoms with Crippen molar-refractivity contribution in [3.63, 3.8) is 0 Å². The number of amides is 1. The summed E-state index contributed by atoms with van der Waals surface area (Å²) in [5.74, 6) is -2.46. The molecule has 8 nitrogen and oxygen atoms in total. The van der Waals surface area contributed by atoms with Gasteiger partial charge in [0.2, 0.25) is 5.78 Å². The Labute approximate surface area is 113 Å². The van der Waals surface area contributed by atoms with Crippen LogP contribution in [0.5, 0.6) is 0 Å². The number of carboxylic acid groups (broad SMARTS) is 1. The first-order valence-corrected chi connectivity index (χ1v) is 6.96. The minimum Gasteiger partial charge on any atom is -0.616 e. The number of carbonyl (C=O) groups is 3. The molecule has 0 fully saturated rings. The zero-order chi connectivity index (χ0) is 14.8. The molecule has 0 aliphatic rings. The molecule has 0 heterocycles. The Morgan fingerprint density at radius 1 is 1.53 bits per heavy atom. The van der Waals surface area contributed by atoms with Crippen LogP contribution in [0.1, 0.15) is 19.8 Å². The number of hydrogen-bond acceptors (Lipinski definition) is 4. The second kappa shape index (κ2) is 9.26. The van der Waals surface area contributed by atoms with E-state index in [-0.39, 0.29) is 18.6 Å². The summed E-state index contributed by atoms with van der Waals surface area (Å²) in [7, 11) is 0. The van der Waals surface area contributed by atoms with Gasteiger partial charge in [0.05, 0.1) is 0 Å². The summed E-state index contributed by atoms with van der Waals surface area (Å²) < 4.78 is 11.1. The Hall–Kier alpha value is -1.70. The van der Waals surface area contributed by atoms with Crippen molar-refractivity contribution < 1.29 is 28.8 Å². The van der Waals surface area contributed by atoms with Crippen LogP contribution in [0.3, 0.4) is 0 Å². The Morgan fingerprint density at radius 3 is 2.63 bits per heavy atom. The molecule has 0 rings (SSSR count). The average Bonchev–Trinajstić information content (AvgIpc) is 2.34. The number of rotatable bonds is 9. The fourth-order valence-electron chi connectivity index (χ4n) is 1.16. The maximum Gasteiger partial charge on any atom is 0.326 e. The van der Waals surface area contributed by atoms with Crippen molar-refractivity contribution in [2.24, 2.45) is 0 Å². The van der Waals surface area contributed by atoms with E-state index in [2.05, 4.69) is 10.1 Å². The van der Waals surface area contributed by atoms with Gasteiger partial charge in [-0.3, -0.25) is 9.59 Å². The van der Waals surface area contributed by atoms with Gasteiger partial charge in [-0.15, -0.1) is 0 Å². The normalized spacial score (nSPS) is 12.9. The Balaban J connectivity index is 4.34. The Bertz CT molecular complexity index is 395. The van der Waals surface area contributed by atoms with Crippen LogP contribution in [0.25, 0.3) is 5.53 Å². The topological polar surface area (TPSA) is 143 Å². The fourth-order valence-corrected chi connectivity index (χ4v) is 1.74. The highest BCUT2D eigenvalue weighted by atomic mass is 32.2. The first-order chi connectivity index (χ1) is 8.90. The molecule has 0 aliphatic carbocycles. The molecule has 1 amide bonds. The fraction of sp³-hybridized carbons (Fsp3) is 0.600. The zero-order valence-electron chi connectivity index (χ0n) is 10.4. The van der Waals surface area contributed by atoms with Crippen molar-refractivity contribution in [2.75, 3.05) is 11.5 Å². The number of carboxylic acids is 1. The van der Waals surface area contributed by atoms with Crippen molar-refractivity contribution in [1.29, 1.82) is 0 Å². The molecule has 0 spiro atoms. The lowest BCUT2D eigenvalue weighted by atomic mass is 10.1. The second-order valence-corrected chi connectivity index (χ2v) is 5.33. The first-order valence-electron chi connectivity index (χ1n) is 5.48. The van der Waals surface area contributed by atoms with E-state index in [1.54, 1.807) is 6.92 Å². The van der Waals surface area contributed by atoms with E-state index in [9.17, 15) is 18.9 Å². The van der Waals surface area contributed by atoms with Crippen molar-refractivity contribution in [3.8, 4) is 0 Å². The number of nitrogens with one attached hydrogen (secondary N) is 1. The van der Waals surface area contributed by atoms with Crippen LogP contribution in [0.4, 0.5) is 0 Å². The predicted molar refractivity (Wildman–Crippen MR) is 67.0 cm³/mol.